The lowest BCUT2D eigenvalue weighted by Crippen LogP contribution is -2.57. The fourth-order valence-electron chi connectivity index (χ4n) is 13.0. The highest BCUT2D eigenvalue weighted by molar-refractivity contribution is 7.90. The molecule has 5 aromatic rings. The molecule has 19 nitrogen and oxygen atoms in total. The van der Waals surface area contributed by atoms with Crippen molar-refractivity contribution in [1.29, 1.82) is 0 Å². The molecular formula is C55H66N8O11S. The van der Waals surface area contributed by atoms with Crippen molar-refractivity contribution in [2.24, 2.45) is 11.3 Å². The van der Waals surface area contributed by atoms with Gasteiger partial charge in [-0.2, -0.15) is 4.98 Å². The zero-order chi connectivity index (χ0) is 51.6. The van der Waals surface area contributed by atoms with Crippen LogP contribution in [0.25, 0.3) is 11.0 Å². The number of anilines is 4. The third-order valence-corrected chi connectivity index (χ3v) is 18.2. The highest BCUT2D eigenvalue weighted by Crippen LogP contribution is 2.54. The van der Waals surface area contributed by atoms with Gasteiger partial charge in [0.25, 0.3) is 21.6 Å². The number of nitro benzene ring substituents is 1. The van der Waals surface area contributed by atoms with Crippen LogP contribution >= 0.6 is 0 Å². The lowest BCUT2D eigenvalue weighted by Gasteiger charge is -2.57. The fraction of sp³-hybridized carbons (Fsp3) is 0.527. The number of H-pyrrole nitrogens is 1. The Kier molecular flexibility index (Phi) is 13.3. The van der Waals surface area contributed by atoms with E-state index >= 15 is 0 Å². The van der Waals surface area contributed by atoms with E-state index < -0.39 is 37.5 Å². The molecule has 12 rings (SSSR count). The number of ether oxygens (including phenoxy) is 5. The number of rotatable bonds is 12. The van der Waals surface area contributed by atoms with Crippen molar-refractivity contribution in [3.63, 3.8) is 0 Å². The second-order valence-electron chi connectivity index (χ2n) is 22.0. The molecule has 4 N–H and O–H groups in total. The topological polar surface area (TPSA) is 223 Å². The lowest BCUT2D eigenvalue weighted by atomic mass is 9.59. The van der Waals surface area contributed by atoms with E-state index in [-0.39, 0.29) is 59.4 Å². The first-order valence-electron chi connectivity index (χ1n) is 26.7. The zero-order valence-electron chi connectivity index (χ0n) is 42.4. The number of nitro groups is 1. The number of nitrogens with zero attached hydrogens (tertiary/aromatic N) is 5. The van der Waals surface area contributed by atoms with Crippen LogP contribution in [0.4, 0.5) is 28.4 Å². The highest BCUT2D eigenvalue weighted by atomic mass is 32.2. The third kappa shape index (κ3) is 9.72. The molecule has 4 atom stereocenters. The van der Waals surface area contributed by atoms with Crippen molar-refractivity contribution < 1.29 is 46.9 Å². The van der Waals surface area contributed by atoms with Crippen molar-refractivity contribution in [3.8, 4) is 17.4 Å². The molecule has 3 saturated heterocycles. The first kappa shape index (κ1) is 49.7. The molecule has 0 radical (unpaired) electrons. The van der Waals surface area contributed by atoms with E-state index in [0.717, 1.165) is 81.0 Å². The summed E-state index contributed by atoms with van der Waals surface area (Å²) in [5, 5.41) is 26.7. The van der Waals surface area contributed by atoms with Crippen LogP contribution < -0.4 is 34.0 Å². The smallest absolute Gasteiger partial charge is 0.297 e. The first-order chi connectivity index (χ1) is 36.3. The van der Waals surface area contributed by atoms with Gasteiger partial charge in [0.2, 0.25) is 5.88 Å². The number of aromatic nitrogens is 2. The summed E-state index contributed by atoms with van der Waals surface area (Å²) >= 11 is 0. The maximum atomic E-state index is 14.8. The summed E-state index contributed by atoms with van der Waals surface area (Å²) in [6.07, 6.45) is 9.67. The monoisotopic (exact) mass is 1050 g/mol. The molecule has 75 heavy (non-hydrogen) atoms. The number of sulfonamides is 1. The van der Waals surface area contributed by atoms with Crippen molar-refractivity contribution >= 4 is 55.4 Å². The highest BCUT2D eigenvalue weighted by Gasteiger charge is 2.50. The average Bonchev–Trinajstić information content (AvgIpc) is 3.88. The average molecular weight is 1050 g/mol. The Hall–Kier alpha value is -6.19. The van der Waals surface area contributed by atoms with Crippen LogP contribution in [0.5, 0.6) is 17.4 Å². The number of pyridine rings is 1. The van der Waals surface area contributed by atoms with Gasteiger partial charge >= 0.3 is 0 Å². The van der Waals surface area contributed by atoms with Gasteiger partial charge in [-0.3, -0.25) is 19.8 Å². The summed E-state index contributed by atoms with van der Waals surface area (Å²) in [6.45, 7) is 8.82. The molecule has 0 bridgehead atoms. The van der Waals surface area contributed by atoms with Crippen LogP contribution in [0.1, 0.15) is 100 Å². The summed E-state index contributed by atoms with van der Waals surface area (Å²) in [6, 6.07) is 20.0. The van der Waals surface area contributed by atoms with Crippen LogP contribution in [-0.4, -0.2) is 128 Å². The Bertz CT molecular complexity index is 3070. The van der Waals surface area contributed by atoms with Crippen LogP contribution in [0.2, 0.25) is 0 Å². The molecule has 398 valence electrons. The summed E-state index contributed by atoms with van der Waals surface area (Å²) in [5.41, 5.74) is 3.73. The van der Waals surface area contributed by atoms with Gasteiger partial charge in [-0.25, -0.2) is 13.1 Å². The molecule has 2 aromatic heterocycles. The second-order valence-corrected chi connectivity index (χ2v) is 23.7. The van der Waals surface area contributed by atoms with E-state index in [1.165, 1.54) is 11.6 Å². The Balaban J connectivity index is 0.820. The Morgan fingerprint density at radius 3 is 2.56 bits per heavy atom. The minimum absolute atomic E-state index is 0.0143. The number of morpholine rings is 1. The van der Waals surface area contributed by atoms with Gasteiger partial charge in [0.15, 0.2) is 11.4 Å². The van der Waals surface area contributed by atoms with Crippen LogP contribution in [0, 0.1) is 21.4 Å². The number of carbonyl (C=O) groups excluding carboxylic acids is 1. The molecule has 2 aliphatic carbocycles. The maximum absolute atomic E-state index is 14.8. The van der Waals surface area contributed by atoms with E-state index in [4.69, 9.17) is 28.7 Å². The number of piperidine rings is 1. The minimum atomic E-state index is -4.71. The molecule has 1 spiro atoms. The maximum Gasteiger partial charge on any atom is 0.297 e. The molecule has 5 aliphatic heterocycles. The number of amides is 1. The minimum Gasteiger partial charge on any atom is -0.491 e. The molecule has 20 heteroatoms. The largest absolute Gasteiger partial charge is 0.491 e. The summed E-state index contributed by atoms with van der Waals surface area (Å²) < 4.78 is 61.9. The van der Waals surface area contributed by atoms with E-state index in [1.54, 1.807) is 12.3 Å². The standard InChI is InChI=1S/C55H66N8O11S/c1-33(2)73-48-6-4-3-5-41(48)47-31-71-22-20-61(47)38-28-55(29-38)15-18-60(19-16-55)37-9-12-42(44(25-37)62-43-14-21-70-32-50(43)74-54-46(62)24-35-13-17-56-52(35)58-54)53(65)59-75(68,69)40-26-45(63(66)67)51-49(27-40)72-30-36(57-51)23-34-7-10-39(64)11-8-34/h3-6,9,12-13,17,24-27,33-34,36,38-39,43,47,50,57,64H,7-8,10-11,14-16,18-23,28-32H2,1-2H3,(H,56,58)(H,59,65)/t34?,36-,39?,43+,47+,50+/m1/s1. The van der Waals surface area contributed by atoms with Gasteiger partial charge < -0.3 is 48.9 Å². The molecule has 2 saturated carbocycles. The summed E-state index contributed by atoms with van der Waals surface area (Å²) in [4.78, 5) is 41.4. The lowest BCUT2D eigenvalue weighted by molar-refractivity contribution is -0.384. The number of benzene rings is 3. The molecule has 5 fully saturated rings. The molecule has 7 heterocycles. The van der Waals surface area contributed by atoms with Crippen molar-refractivity contribution in [2.75, 3.05) is 67.8 Å². The number of carbonyl (C=O) groups is 1. The predicted octanol–water partition coefficient (Wildman–Crippen LogP) is 8.00. The van der Waals surface area contributed by atoms with Crippen molar-refractivity contribution in [1.82, 2.24) is 19.6 Å². The number of fused-ring (bicyclic) bond motifs is 4. The predicted molar refractivity (Wildman–Crippen MR) is 281 cm³/mol. The first-order valence-corrected chi connectivity index (χ1v) is 28.2. The number of aliphatic hydroxyl groups is 1. The second kappa shape index (κ2) is 20.1. The number of para-hydroxylation sites is 1. The number of hydrogen-bond donors (Lipinski definition) is 4. The van der Waals surface area contributed by atoms with E-state index in [1.807, 2.05) is 30.3 Å². The van der Waals surface area contributed by atoms with E-state index in [9.17, 15) is 28.4 Å². The Morgan fingerprint density at radius 2 is 1.76 bits per heavy atom. The molecule has 3 aromatic carbocycles. The fourth-order valence-corrected chi connectivity index (χ4v) is 14.0. The van der Waals surface area contributed by atoms with Gasteiger partial charge in [0, 0.05) is 67.2 Å². The van der Waals surface area contributed by atoms with Gasteiger partial charge in [0.1, 0.15) is 29.8 Å². The Morgan fingerprint density at radius 1 is 0.960 bits per heavy atom. The number of aliphatic hydroxyl groups excluding tert-OH is 1. The molecule has 0 unspecified atom stereocenters. The van der Waals surface area contributed by atoms with E-state index in [0.29, 0.717) is 87.0 Å². The Labute approximate surface area is 436 Å². The van der Waals surface area contributed by atoms with Crippen LogP contribution in [0.15, 0.2) is 77.8 Å². The number of aromatic amines is 1. The molecule has 1 amide bonds. The number of hydrogen-bond acceptors (Lipinski definition) is 16. The quantitative estimate of drug-likeness (QED) is 0.0686. The van der Waals surface area contributed by atoms with Gasteiger partial charge in [0.05, 0.1) is 71.2 Å². The van der Waals surface area contributed by atoms with Gasteiger partial charge in [-0.05, 0) is 126 Å². The SMILES string of the molecule is CC(C)Oc1ccccc1[C@@H]1COCCN1C1CC2(CCN(c3ccc(C(=O)NS(=O)(=O)c4cc5c(c([N+](=O)[O-])c4)N[C@H](CC4CCC(O)CC4)CO5)c(N4c5cc6cc[nH]c6nc5O[C@H]5COCC[C@@H]54)c3)CC2)C1. The van der Waals surface area contributed by atoms with Crippen molar-refractivity contribution in [3.05, 3.63) is 94.2 Å². The van der Waals surface area contributed by atoms with Crippen LogP contribution in [0.3, 0.4) is 0 Å². The van der Waals surface area contributed by atoms with Gasteiger partial charge in [-0.1, -0.05) is 18.2 Å². The third-order valence-electron chi connectivity index (χ3n) is 16.9. The van der Waals surface area contributed by atoms with Crippen LogP contribution in [-0.2, 0) is 19.5 Å². The molecular weight excluding hydrogens is 981 g/mol. The molecule has 7 aliphatic rings. The summed E-state index contributed by atoms with van der Waals surface area (Å²) in [5.74, 6) is 0.700. The zero-order valence-corrected chi connectivity index (χ0v) is 43.3. The van der Waals surface area contributed by atoms with Crippen molar-refractivity contribution in [2.45, 2.75) is 125 Å². The normalized spacial score (nSPS) is 25.8. The van der Waals surface area contributed by atoms with Gasteiger partial charge in [-0.15, -0.1) is 0 Å². The number of nitrogens with one attached hydrogen (secondary N) is 3. The van der Waals surface area contributed by atoms with E-state index in [2.05, 4.69) is 61.8 Å². The summed E-state index contributed by atoms with van der Waals surface area (Å²) in [7, 11) is -4.71.